The molecule has 1 aliphatic carbocycles. The van der Waals surface area contributed by atoms with Gasteiger partial charge in [0.2, 0.25) is 35.4 Å². The van der Waals surface area contributed by atoms with Crippen LogP contribution in [0.2, 0.25) is 0 Å². The van der Waals surface area contributed by atoms with Crippen LogP contribution in [0.25, 0.3) is 0 Å². The van der Waals surface area contributed by atoms with E-state index < -0.39 is 81.5 Å². The number of methoxy groups -OCH3 is 1. The molecule has 28 nitrogen and oxygen atoms in total. The molecule has 114 heavy (non-hydrogen) atoms. The second-order valence-corrected chi connectivity index (χ2v) is 34.0. The van der Waals surface area contributed by atoms with Crippen LogP contribution in [0.3, 0.4) is 0 Å². The van der Waals surface area contributed by atoms with Crippen molar-refractivity contribution in [2.45, 2.75) is 197 Å². The quantitative estimate of drug-likeness (QED) is 0.0309. The Bertz CT molecular complexity index is 3660. The number of hydrogen-bond donors (Lipinski definition) is 7. The van der Waals surface area contributed by atoms with E-state index in [2.05, 4.69) is 44.5 Å². The Hall–Kier alpha value is -7.55. The molecule has 7 fully saturated rings. The molecule has 0 aromatic heterocycles. The molecule has 0 radical (unpaired) electrons. The van der Waals surface area contributed by atoms with Crippen molar-refractivity contribution in [1.82, 2.24) is 46.6 Å². The normalized spacial score (nSPS) is 22.8. The average molecular weight is 1610 g/mol. The number of morpholine rings is 3. The Morgan fingerprint density at radius 1 is 0.447 bits per heavy atom. The first-order valence-corrected chi connectivity index (χ1v) is 40.9. The van der Waals surface area contributed by atoms with Gasteiger partial charge in [0.15, 0.2) is 34.7 Å². The molecule has 3 aromatic rings. The van der Waals surface area contributed by atoms with Crippen molar-refractivity contribution in [3.63, 3.8) is 0 Å². The van der Waals surface area contributed by atoms with E-state index in [4.69, 9.17) is 33.2 Å². The highest BCUT2D eigenvalue weighted by atomic mass is 32.1. The van der Waals surface area contributed by atoms with Crippen LogP contribution in [-0.4, -0.2) is 275 Å². The number of nitrogens with one attached hydrogen (secondary N) is 6. The van der Waals surface area contributed by atoms with Crippen molar-refractivity contribution < 1.29 is 90.7 Å². The van der Waals surface area contributed by atoms with Crippen molar-refractivity contribution >= 4 is 82.8 Å². The van der Waals surface area contributed by atoms with Crippen molar-refractivity contribution in [3.05, 3.63) is 108 Å². The summed E-state index contributed by atoms with van der Waals surface area (Å²) in [6, 6.07) is 23.9. The molecule has 628 valence electrons. The van der Waals surface area contributed by atoms with Crippen LogP contribution in [0, 0.1) is 23.7 Å². The lowest BCUT2D eigenvalue weighted by atomic mass is 9.80. The Labute approximate surface area is 676 Å². The van der Waals surface area contributed by atoms with Gasteiger partial charge >= 0.3 is 0 Å². The Balaban J connectivity index is 0.000000214. The molecule has 7 aliphatic rings. The molecule has 6 heterocycles. The Kier molecular flexibility index (Phi) is 36.1. The lowest BCUT2D eigenvalue weighted by molar-refractivity contribution is -0.135. The minimum atomic E-state index is -0.904. The third-order valence-corrected chi connectivity index (χ3v) is 22.1. The molecule has 6 aliphatic heterocycles. The second-order valence-electron chi connectivity index (χ2n) is 32.8. The van der Waals surface area contributed by atoms with Gasteiger partial charge in [-0.05, 0) is 96.3 Å². The summed E-state index contributed by atoms with van der Waals surface area (Å²) in [6.07, 6.45) is 7.30. The number of benzene rings is 3. The zero-order valence-electron chi connectivity index (χ0n) is 68.1. The number of hydrogen-bond acceptors (Lipinski definition) is 23. The number of nitrogens with zero attached hydrogens (tertiary/aromatic N) is 3. The maximum absolute atomic E-state index is 13.8. The highest BCUT2D eigenvalue weighted by molar-refractivity contribution is 7.81. The Morgan fingerprint density at radius 3 is 1.04 bits per heavy atom. The average Bonchev–Trinajstić information content (AvgIpc) is 1.65. The van der Waals surface area contributed by atoms with E-state index in [0.29, 0.717) is 137 Å². The first-order chi connectivity index (χ1) is 54.3. The maximum atomic E-state index is 13.8. The number of ether oxygens (including phenoxy) is 7. The summed E-state index contributed by atoms with van der Waals surface area (Å²) in [5, 5.41) is 17.1. The van der Waals surface area contributed by atoms with Gasteiger partial charge in [-0.15, -0.1) is 0 Å². The zero-order chi connectivity index (χ0) is 82.6. The first-order valence-electron chi connectivity index (χ1n) is 40.5. The minimum absolute atomic E-state index is 0.00598. The number of carbonyl (C=O) groups excluding carboxylic acids is 12. The standard InChI is InChI=1S/C31H45N3O6.C28H41N3O6S.C26H37N3O7/c1-22(32-28(36)20-34-13-15-39-16-14-34)27(35)19-25(17-23-9-5-3-6-10-23)30(38)33-26(29(37)31(2)21-40-31)18-24-11-7-4-8-12-24;1-19(29-24(33)17-31-10-12-36-13-11-31)23(32)15-21(16-27(2,3)38)26(35)30-22(25(34)28(4)18-37-28)14-20-8-6-5-7-9-20;1-18(27-23(31)15-29-9-11-35-12-10-29)22(30)14-20(16-34-3)25(33)28-21(24(32)26(2)17-36-26)13-19-7-5-4-6-8-19/h4,7-8,11-12,22-23,25-26H,3,5-6,9-10,13-21H2,1-2H3,(H,32,36)(H,33,38);5-9,19,21-22,38H,10-18H2,1-4H3,(H,29,33)(H,30,35);4-8,18,20-21H,9-17H2,1-3H3,(H,27,31)(H,28,33)/t22-,25+,26-,31+;19-,21-,22-,28+;18?,20-,21-,26+/m000/s1. The number of rotatable bonds is 42. The topological polar surface area (TPSA) is 361 Å². The van der Waals surface area contributed by atoms with Gasteiger partial charge < -0.3 is 65.1 Å². The molecule has 29 heteroatoms. The predicted octanol–water partition coefficient (Wildman–Crippen LogP) is 4.17. The van der Waals surface area contributed by atoms with Crippen molar-refractivity contribution in [1.29, 1.82) is 0 Å². The fraction of sp³-hybridized carbons (Fsp3) is 0.647. The number of epoxide rings is 3. The highest BCUT2D eigenvalue weighted by Gasteiger charge is 2.53. The lowest BCUT2D eigenvalue weighted by Gasteiger charge is -2.29. The summed E-state index contributed by atoms with van der Waals surface area (Å²) in [4.78, 5) is 163. The van der Waals surface area contributed by atoms with E-state index in [1.54, 1.807) is 41.5 Å². The van der Waals surface area contributed by atoms with E-state index in [0.717, 1.165) is 42.4 Å². The van der Waals surface area contributed by atoms with E-state index in [-0.39, 0.29) is 110 Å². The van der Waals surface area contributed by atoms with E-state index in [1.165, 1.54) is 13.5 Å². The highest BCUT2D eigenvalue weighted by Crippen LogP contribution is 2.35. The molecule has 0 bridgehead atoms. The Morgan fingerprint density at radius 2 is 0.737 bits per heavy atom. The summed E-state index contributed by atoms with van der Waals surface area (Å²) >= 11 is 4.60. The van der Waals surface area contributed by atoms with Crippen LogP contribution in [0.4, 0.5) is 0 Å². The smallest absolute Gasteiger partial charge is 0.234 e. The van der Waals surface area contributed by atoms with Gasteiger partial charge in [-0.3, -0.25) is 72.2 Å². The van der Waals surface area contributed by atoms with Crippen LogP contribution in [-0.2, 0) is 110 Å². The number of Topliss-reactive ketones (excluding diaryl/α,β-unsaturated/α-hetero) is 6. The van der Waals surface area contributed by atoms with Crippen LogP contribution < -0.4 is 31.9 Å². The number of thiol groups is 1. The number of ketones is 6. The SMILES string of the molecule is COC[C@H](CC(=O)C(C)NC(=O)CN1CCOCC1)C(=O)N[C@@H](Cc1ccccc1)C(=O)[C@@]1(C)CO1.C[C@H](NC(=O)CN1CCOCC1)C(=O)C[C@@H](CC(C)(C)S)C(=O)N[C@@H](Cc1ccccc1)C(=O)[C@@]1(C)CO1.C[C@H](NC(=O)CN1CCOCC1)C(=O)C[C@@H](CC1CCCCC1)C(=O)N[C@@H](Cc1ccccc1)C(=O)[C@@]1(C)CO1. The van der Waals surface area contributed by atoms with Crippen molar-refractivity contribution in [2.24, 2.45) is 23.7 Å². The monoisotopic (exact) mass is 1610 g/mol. The fourth-order valence-corrected chi connectivity index (χ4v) is 14.8. The first kappa shape index (κ1) is 92.0. The van der Waals surface area contributed by atoms with Crippen LogP contribution in [0.15, 0.2) is 91.0 Å². The largest absolute Gasteiger partial charge is 0.384 e. The molecule has 0 spiro atoms. The number of carbonyl (C=O) groups is 12. The number of amides is 6. The van der Waals surface area contributed by atoms with E-state index >= 15 is 0 Å². The summed E-state index contributed by atoms with van der Waals surface area (Å²) < 4.78 is 36.7. The zero-order valence-corrected chi connectivity index (χ0v) is 69.0. The van der Waals surface area contributed by atoms with E-state index in [1.807, 2.05) is 120 Å². The molecule has 6 saturated heterocycles. The van der Waals surface area contributed by atoms with E-state index in [9.17, 15) is 57.5 Å². The van der Waals surface area contributed by atoms with Gasteiger partial charge in [0.1, 0.15) is 16.8 Å². The van der Waals surface area contributed by atoms with Crippen LogP contribution >= 0.6 is 12.6 Å². The van der Waals surface area contributed by atoms with Gasteiger partial charge in [0, 0.05) is 82.2 Å². The summed E-state index contributed by atoms with van der Waals surface area (Å²) in [6.45, 7) is 23.0. The molecule has 1 saturated carbocycles. The van der Waals surface area contributed by atoms with Crippen molar-refractivity contribution in [3.8, 4) is 0 Å². The minimum Gasteiger partial charge on any atom is -0.384 e. The van der Waals surface area contributed by atoms with Gasteiger partial charge in [-0.25, -0.2) is 0 Å². The molecular formula is C85H123N9O19S. The third-order valence-electron chi connectivity index (χ3n) is 21.9. The summed E-state index contributed by atoms with van der Waals surface area (Å²) in [7, 11) is 1.45. The molecule has 3 aromatic carbocycles. The predicted molar refractivity (Wildman–Crippen MR) is 429 cm³/mol. The molecule has 6 N–H and O–H groups in total. The van der Waals surface area contributed by atoms with Gasteiger partial charge in [-0.2, -0.15) is 12.6 Å². The fourth-order valence-electron chi connectivity index (χ4n) is 14.5. The van der Waals surface area contributed by atoms with Crippen LogP contribution in [0.5, 0.6) is 0 Å². The van der Waals surface area contributed by atoms with Gasteiger partial charge in [-0.1, -0.05) is 137 Å². The summed E-state index contributed by atoms with van der Waals surface area (Å²) in [5.41, 5.74) is 0.0757. The van der Waals surface area contributed by atoms with Crippen LogP contribution in [0.1, 0.15) is 136 Å². The van der Waals surface area contributed by atoms with Gasteiger partial charge in [0.25, 0.3) is 0 Å². The third kappa shape index (κ3) is 31.1. The molecule has 1 unspecified atom stereocenters. The van der Waals surface area contributed by atoms with Gasteiger partial charge in [0.05, 0.1) is 128 Å². The molecule has 10 rings (SSSR count). The summed E-state index contributed by atoms with van der Waals surface area (Å²) in [5.74, 6) is -4.76. The molecular weight excluding hydrogens is 1480 g/mol. The maximum Gasteiger partial charge on any atom is 0.234 e. The lowest BCUT2D eigenvalue weighted by Crippen LogP contribution is -2.51. The second kappa shape index (κ2) is 44.7. The molecule has 12 atom stereocenters. The molecule has 6 amide bonds. The van der Waals surface area contributed by atoms with Crippen molar-refractivity contribution in [2.75, 3.05) is 132 Å².